The van der Waals surface area contributed by atoms with Crippen molar-refractivity contribution in [3.05, 3.63) is 74.0 Å². The zero-order chi connectivity index (χ0) is 17.4. The largest absolute Gasteiger partial charge is 0.339 e. The van der Waals surface area contributed by atoms with Gasteiger partial charge in [0.2, 0.25) is 11.7 Å². The molecule has 25 heavy (non-hydrogen) atoms. The SMILES string of the molecule is O=c1[nH]c2ccc(Br)cc2cc1-c1noc(Cc2ccc(Cl)nc2)n1. The Hall–Kier alpha value is -2.51. The summed E-state index contributed by atoms with van der Waals surface area (Å²) < 4.78 is 6.18. The minimum atomic E-state index is -0.268. The maximum absolute atomic E-state index is 12.3. The molecule has 4 rings (SSSR count). The Morgan fingerprint density at radius 1 is 1.20 bits per heavy atom. The molecule has 0 fully saturated rings. The molecule has 4 aromatic rings. The predicted octanol–water partition coefficient (Wildman–Crippen LogP) is 3.98. The van der Waals surface area contributed by atoms with Gasteiger partial charge in [-0.25, -0.2) is 4.98 Å². The van der Waals surface area contributed by atoms with E-state index in [1.807, 2.05) is 24.3 Å². The van der Waals surface area contributed by atoms with E-state index >= 15 is 0 Å². The highest BCUT2D eigenvalue weighted by molar-refractivity contribution is 9.10. The summed E-state index contributed by atoms with van der Waals surface area (Å²) in [6.45, 7) is 0. The lowest BCUT2D eigenvalue weighted by molar-refractivity contribution is 0.385. The van der Waals surface area contributed by atoms with Crippen molar-refractivity contribution in [2.24, 2.45) is 0 Å². The van der Waals surface area contributed by atoms with E-state index in [1.54, 1.807) is 18.3 Å². The van der Waals surface area contributed by atoms with Gasteiger partial charge in [-0.2, -0.15) is 4.98 Å². The number of H-pyrrole nitrogens is 1. The summed E-state index contributed by atoms with van der Waals surface area (Å²) in [5.41, 5.74) is 1.72. The van der Waals surface area contributed by atoms with Crippen molar-refractivity contribution >= 4 is 38.4 Å². The number of benzene rings is 1. The number of hydrogen-bond donors (Lipinski definition) is 1. The number of nitrogens with zero attached hydrogens (tertiary/aromatic N) is 3. The van der Waals surface area contributed by atoms with Gasteiger partial charge in [0.1, 0.15) is 5.15 Å². The molecule has 6 nitrogen and oxygen atoms in total. The molecule has 8 heteroatoms. The fraction of sp³-hybridized carbons (Fsp3) is 0.0588. The minimum absolute atomic E-state index is 0.250. The van der Waals surface area contributed by atoms with Crippen molar-refractivity contribution in [3.63, 3.8) is 0 Å². The maximum atomic E-state index is 12.3. The zero-order valence-electron chi connectivity index (χ0n) is 12.7. The van der Waals surface area contributed by atoms with Gasteiger partial charge in [0.15, 0.2) is 0 Å². The van der Waals surface area contributed by atoms with Crippen LogP contribution < -0.4 is 5.56 Å². The first kappa shape index (κ1) is 16.0. The number of rotatable bonds is 3. The second kappa shape index (κ2) is 6.42. The first-order chi connectivity index (χ1) is 12.1. The molecule has 3 aromatic heterocycles. The first-order valence-corrected chi connectivity index (χ1v) is 8.51. The van der Waals surface area contributed by atoms with E-state index in [0.717, 1.165) is 20.9 Å². The summed E-state index contributed by atoms with van der Waals surface area (Å²) in [7, 11) is 0. The van der Waals surface area contributed by atoms with E-state index in [1.165, 1.54) is 0 Å². The van der Waals surface area contributed by atoms with Crippen molar-refractivity contribution in [2.75, 3.05) is 0 Å². The van der Waals surface area contributed by atoms with Crippen LogP contribution in [0.5, 0.6) is 0 Å². The minimum Gasteiger partial charge on any atom is -0.339 e. The van der Waals surface area contributed by atoms with Gasteiger partial charge in [-0.15, -0.1) is 0 Å². The van der Waals surface area contributed by atoms with Crippen LogP contribution in [-0.4, -0.2) is 20.1 Å². The molecule has 0 amide bonds. The molecule has 0 saturated carbocycles. The summed E-state index contributed by atoms with van der Waals surface area (Å²) in [6, 6.07) is 10.9. The molecule has 0 spiro atoms. The number of hydrogen-bond acceptors (Lipinski definition) is 5. The average molecular weight is 418 g/mol. The van der Waals surface area contributed by atoms with Crippen LogP contribution in [-0.2, 0) is 6.42 Å². The van der Waals surface area contributed by atoms with Crippen LogP contribution in [0.3, 0.4) is 0 Å². The molecule has 0 saturated heterocycles. The number of nitrogens with one attached hydrogen (secondary N) is 1. The van der Waals surface area contributed by atoms with Gasteiger partial charge in [-0.3, -0.25) is 4.79 Å². The fourth-order valence-electron chi connectivity index (χ4n) is 2.47. The number of halogens is 2. The van der Waals surface area contributed by atoms with Crippen molar-refractivity contribution in [1.29, 1.82) is 0 Å². The third kappa shape index (κ3) is 3.33. The highest BCUT2D eigenvalue weighted by Crippen LogP contribution is 2.21. The van der Waals surface area contributed by atoms with E-state index in [0.29, 0.717) is 23.0 Å². The van der Waals surface area contributed by atoms with Crippen molar-refractivity contribution in [2.45, 2.75) is 6.42 Å². The van der Waals surface area contributed by atoms with E-state index in [-0.39, 0.29) is 11.4 Å². The monoisotopic (exact) mass is 416 g/mol. The fourth-order valence-corrected chi connectivity index (χ4v) is 2.96. The van der Waals surface area contributed by atoms with Crippen molar-refractivity contribution < 1.29 is 4.52 Å². The second-order valence-corrected chi connectivity index (χ2v) is 6.72. The topological polar surface area (TPSA) is 84.7 Å². The average Bonchev–Trinajstić information content (AvgIpc) is 3.05. The zero-order valence-corrected chi connectivity index (χ0v) is 15.0. The quantitative estimate of drug-likeness (QED) is 0.510. The molecular formula is C17H10BrClN4O2. The molecule has 0 radical (unpaired) electrons. The van der Waals surface area contributed by atoms with Gasteiger partial charge >= 0.3 is 0 Å². The third-order valence-electron chi connectivity index (χ3n) is 3.66. The van der Waals surface area contributed by atoms with E-state index in [2.05, 4.69) is 36.0 Å². The Morgan fingerprint density at radius 3 is 2.88 bits per heavy atom. The normalized spacial score (nSPS) is 11.1. The van der Waals surface area contributed by atoms with Crippen LogP contribution in [0.4, 0.5) is 0 Å². The van der Waals surface area contributed by atoms with Crippen LogP contribution >= 0.6 is 27.5 Å². The van der Waals surface area contributed by atoms with Crippen molar-refractivity contribution in [3.8, 4) is 11.4 Å². The molecule has 0 atom stereocenters. The number of aromatic nitrogens is 4. The Bertz CT molecular complexity index is 1120. The van der Waals surface area contributed by atoms with Gasteiger partial charge in [-0.1, -0.05) is 38.8 Å². The molecule has 0 bridgehead atoms. The van der Waals surface area contributed by atoms with Gasteiger partial charge in [-0.05, 0) is 35.9 Å². The molecule has 124 valence electrons. The van der Waals surface area contributed by atoms with Gasteiger partial charge in [0, 0.05) is 21.6 Å². The number of aromatic amines is 1. The van der Waals surface area contributed by atoms with Gasteiger partial charge in [0.05, 0.1) is 12.0 Å². The van der Waals surface area contributed by atoms with Crippen LogP contribution in [0.2, 0.25) is 5.15 Å². The highest BCUT2D eigenvalue weighted by Gasteiger charge is 2.14. The Balaban J connectivity index is 1.69. The summed E-state index contributed by atoms with van der Waals surface area (Å²) in [6.07, 6.45) is 2.06. The smallest absolute Gasteiger partial charge is 0.259 e. The molecule has 0 aliphatic carbocycles. The van der Waals surface area contributed by atoms with Gasteiger partial charge < -0.3 is 9.51 Å². The van der Waals surface area contributed by atoms with Crippen LogP contribution in [0.15, 0.2) is 56.4 Å². The van der Waals surface area contributed by atoms with Crippen LogP contribution in [0.1, 0.15) is 11.5 Å². The highest BCUT2D eigenvalue weighted by atomic mass is 79.9. The molecule has 0 aliphatic heterocycles. The lowest BCUT2D eigenvalue weighted by Crippen LogP contribution is -2.09. The standard InChI is InChI=1S/C17H10BrClN4O2/c18-11-2-3-13-10(6-11)7-12(17(24)21-13)16-22-15(25-23-16)5-9-1-4-14(19)20-8-9/h1-4,6-8H,5H2,(H,21,24). The lowest BCUT2D eigenvalue weighted by atomic mass is 10.1. The Kier molecular flexibility index (Phi) is 4.10. The summed E-state index contributed by atoms with van der Waals surface area (Å²) in [4.78, 5) is 23.5. The summed E-state index contributed by atoms with van der Waals surface area (Å²) in [5, 5.41) is 5.22. The molecule has 3 heterocycles. The molecule has 0 aliphatic rings. The third-order valence-corrected chi connectivity index (χ3v) is 4.38. The Morgan fingerprint density at radius 2 is 2.08 bits per heavy atom. The summed E-state index contributed by atoms with van der Waals surface area (Å²) in [5.74, 6) is 0.646. The molecule has 1 aromatic carbocycles. The first-order valence-electron chi connectivity index (χ1n) is 7.34. The number of pyridine rings is 2. The van der Waals surface area contributed by atoms with Crippen LogP contribution in [0, 0.1) is 0 Å². The van der Waals surface area contributed by atoms with E-state index in [9.17, 15) is 4.79 Å². The molecular weight excluding hydrogens is 408 g/mol. The maximum Gasteiger partial charge on any atom is 0.259 e. The predicted molar refractivity (Wildman–Crippen MR) is 97.6 cm³/mol. The molecule has 0 unspecified atom stereocenters. The second-order valence-electron chi connectivity index (χ2n) is 5.42. The van der Waals surface area contributed by atoms with E-state index in [4.69, 9.17) is 16.1 Å². The number of fused-ring (bicyclic) bond motifs is 1. The molecule has 1 N–H and O–H groups in total. The summed E-state index contributed by atoms with van der Waals surface area (Å²) >= 11 is 9.19. The lowest BCUT2D eigenvalue weighted by Gasteiger charge is -2.00. The van der Waals surface area contributed by atoms with E-state index < -0.39 is 0 Å². The van der Waals surface area contributed by atoms with Gasteiger partial charge in [0.25, 0.3) is 5.56 Å². The Labute approximate surface area is 155 Å². The van der Waals surface area contributed by atoms with Crippen molar-refractivity contribution in [1.82, 2.24) is 20.1 Å². The van der Waals surface area contributed by atoms with Crippen LogP contribution in [0.25, 0.3) is 22.3 Å².